The van der Waals surface area contributed by atoms with E-state index in [1.807, 2.05) is 47.1 Å². The molecule has 5 rings (SSSR count). The van der Waals surface area contributed by atoms with Crippen LogP contribution in [0.2, 0.25) is 0 Å². The van der Waals surface area contributed by atoms with E-state index in [4.69, 9.17) is 0 Å². The molecule has 1 saturated heterocycles. The topological polar surface area (TPSA) is 65.8 Å². The molecule has 3 aromatic rings. The standard InChI is InChI=1S/C24H26N4O2/c1-27-10-6-17(7-11-27)24(30)26-18-4-2-16(3-5-18)19-8-12-28-13-9-20-22(29)15-25-14-21(19)23(20)28/h2-5,8-9,12-13,17,25H,6-7,10-11,14-15H2,1H3,(H,26,30). The van der Waals surface area contributed by atoms with Gasteiger partial charge >= 0.3 is 0 Å². The summed E-state index contributed by atoms with van der Waals surface area (Å²) in [5, 5.41) is 6.33. The molecule has 2 aromatic heterocycles. The minimum Gasteiger partial charge on any atom is -0.326 e. The van der Waals surface area contributed by atoms with Crippen LogP contribution in [0.15, 0.2) is 48.8 Å². The Bertz CT molecular complexity index is 1110. The Morgan fingerprint density at radius 2 is 1.70 bits per heavy atom. The number of Topliss-reactive ketones (excluding diaryl/α,β-unsaturated/α-hetero) is 1. The molecule has 0 bridgehead atoms. The molecule has 0 saturated carbocycles. The van der Waals surface area contributed by atoms with Gasteiger partial charge in [0.2, 0.25) is 5.91 Å². The monoisotopic (exact) mass is 402 g/mol. The molecule has 30 heavy (non-hydrogen) atoms. The number of hydrogen-bond donors (Lipinski definition) is 2. The number of carbonyl (C=O) groups is 2. The summed E-state index contributed by atoms with van der Waals surface area (Å²) in [6.45, 7) is 2.95. The molecular weight excluding hydrogens is 376 g/mol. The second-order valence-corrected chi connectivity index (χ2v) is 8.36. The average molecular weight is 402 g/mol. The molecule has 154 valence electrons. The van der Waals surface area contributed by atoms with Gasteiger partial charge in [0, 0.05) is 36.1 Å². The Balaban J connectivity index is 1.40. The lowest BCUT2D eigenvalue weighted by Crippen LogP contribution is -2.35. The van der Waals surface area contributed by atoms with Crippen molar-refractivity contribution < 1.29 is 9.59 Å². The van der Waals surface area contributed by atoms with E-state index in [0.29, 0.717) is 13.1 Å². The van der Waals surface area contributed by atoms with Crippen molar-refractivity contribution in [2.45, 2.75) is 19.4 Å². The summed E-state index contributed by atoms with van der Waals surface area (Å²) < 4.78 is 2.02. The number of ketones is 1. The molecule has 1 amide bonds. The van der Waals surface area contributed by atoms with E-state index in [1.165, 1.54) is 0 Å². The number of hydrogen-bond acceptors (Lipinski definition) is 4. The number of likely N-dealkylation sites (tertiary alicyclic amines) is 1. The first kappa shape index (κ1) is 19.0. The number of piperidine rings is 1. The predicted octanol–water partition coefficient (Wildman–Crippen LogP) is 3.17. The van der Waals surface area contributed by atoms with Crippen molar-refractivity contribution in [2.75, 3.05) is 32.0 Å². The molecule has 2 aliphatic rings. The second kappa shape index (κ2) is 7.70. The zero-order chi connectivity index (χ0) is 20.7. The fourth-order valence-corrected chi connectivity index (χ4v) is 4.59. The fraction of sp³-hybridized carbons (Fsp3) is 0.333. The van der Waals surface area contributed by atoms with E-state index in [0.717, 1.165) is 59.4 Å². The number of anilines is 1. The largest absolute Gasteiger partial charge is 0.326 e. The highest BCUT2D eigenvalue weighted by Crippen LogP contribution is 2.31. The minimum absolute atomic E-state index is 0.0906. The smallest absolute Gasteiger partial charge is 0.227 e. The van der Waals surface area contributed by atoms with Crippen molar-refractivity contribution >= 4 is 22.9 Å². The Morgan fingerprint density at radius 1 is 1.00 bits per heavy atom. The van der Waals surface area contributed by atoms with Crippen molar-refractivity contribution in [3.8, 4) is 11.1 Å². The van der Waals surface area contributed by atoms with Crippen LogP contribution in [0.1, 0.15) is 28.8 Å². The third-order valence-electron chi connectivity index (χ3n) is 6.37. The number of amides is 1. The van der Waals surface area contributed by atoms with Crippen molar-refractivity contribution in [2.24, 2.45) is 5.92 Å². The van der Waals surface area contributed by atoms with Gasteiger partial charge < -0.3 is 19.9 Å². The maximum Gasteiger partial charge on any atom is 0.227 e. The lowest BCUT2D eigenvalue weighted by atomic mass is 9.96. The van der Waals surface area contributed by atoms with Crippen LogP contribution >= 0.6 is 0 Å². The summed E-state index contributed by atoms with van der Waals surface area (Å²) in [5.74, 6) is 0.331. The van der Waals surface area contributed by atoms with Gasteiger partial charge in [0.15, 0.2) is 5.78 Å². The zero-order valence-electron chi connectivity index (χ0n) is 17.1. The van der Waals surface area contributed by atoms with Gasteiger partial charge in [0.1, 0.15) is 0 Å². The molecule has 1 fully saturated rings. The highest BCUT2D eigenvalue weighted by molar-refractivity contribution is 6.06. The highest BCUT2D eigenvalue weighted by atomic mass is 16.2. The quantitative estimate of drug-likeness (QED) is 0.706. The van der Waals surface area contributed by atoms with Gasteiger partial charge in [-0.2, -0.15) is 0 Å². The lowest BCUT2D eigenvalue weighted by molar-refractivity contribution is -0.121. The van der Waals surface area contributed by atoms with Gasteiger partial charge in [0.05, 0.1) is 12.1 Å². The SMILES string of the molecule is CN1CCC(C(=O)Nc2ccc(-c3ccn4ccc5c4c3CNCC5=O)cc2)CC1. The van der Waals surface area contributed by atoms with Crippen LogP contribution in [0.25, 0.3) is 16.6 Å². The van der Waals surface area contributed by atoms with E-state index in [9.17, 15) is 9.59 Å². The Morgan fingerprint density at radius 3 is 2.43 bits per heavy atom. The van der Waals surface area contributed by atoms with Gasteiger partial charge in [-0.05, 0) is 73.9 Å². The molecule has 2 N–H and O–H groups in total. The summed E-state index contributed by atoms with van der Waals surface area (Å²) in [7, 11) is 2.10. The van der Waals surface area contributed by atoms with Gasteiger partial charge in [-0.3, -0.25) is 9.59 Å². The zero-order valence-corrected chi connectivity index (χ0v) is 17.1. The Hall–Kier alpha value is -2.96. The number of benzene rings is 1. The molecular formula is C24H26N4O2. The maximum absolute atomic E-state index is 12.6. The van der Waals surface area contributed by atoms with Crippen molar-refractivity contribution in [1.29, 1.82) is 0 Å². The molecule has 0 spiro atoms. The van der Waals surface area contributed by atoms with E-state index < -0.39 is 0 Å². The van der Waals surface area contributed by atoms with E-state index in [1.54, 1.807) is 0 Å². The number of carbonyl (C=O) groups excluding carboxylic acids is 2. The number of pyridine rings is 1. The number of aromatic nitrogens is 1. The third kappa shape index (κ3) is 3.42. The van der Waals surface area contributed by atoms with Crippen LogP contribution in [0.4, 0.5) is 5.69 Å². The van der Waals surface area contributed by atoms with E-state index in [-0.39, 0.29) is 17.6 Å². The van der Waals surface area contributed by atoms with E-state index >= 15 is 0 Å². The van der Waals surface area contributed by atoms with Crippen LogP contribution in [-0.2, 0) is 11.3 Å². The van der Waals surface area contributed by atoms with Crippen LogP contribution < -0.4 is 10.6 Å². The fourth-order valence-electron chi connectivity index (χ4n) is 4.59. The van der Waals surface area contributed by atoms with Crippen molar-refractivity contribution in [3.05, 3.63) is 59.9 Å². The predicted molar refractivity (Wildman–Crippen MR) is 118 cm³/mol. The first-order chi connectivity index (χ1) is 14.6. The van der Waals surface area contributed by atoms with Crippen molar-refractivity contribution in [3.63, 3.8) is 0 Å². The third-order valence-corrected chi connectivity index (χ3v) is 6.37. The Labute approximate surface area is 175 Å². The van der Waals surface area contributed by atoms with Crippen molar-refractivity contribution in [1.82, 2.24) is 14.6 Å². The Kier molecular flexibility index (Phi) is 4.89. The normalized spacial score (nSPS) is 17.8. The van der Waals surface area contributed by atoms with Crippen LogP contribution in [0.3, 0.4) is 0 Å². The summed E-state index contributed by atoms with van der Waals surface area (Å²) in [6.07, 6.45) is 5.78. The van der Waals surface area contributed by atoms with Gasteiger partial charge in [-0.15, -0.1) is 0 Å². The second-order valence-electron chi connectivity index (χ2n) is 8.36. The molecule has 0 atom stereocenters. The van der Waals surface area contributed by atoms with E-state index in [2.05, 4.69) is 28.6 Å². The summed E-state index contributed by atoms with van der Waals surface area (Å²) >= 11 is 0. The molecule has 6 nitrogen and oxygen atoms in total. The molecule has 6 heteroatoms. The molecule has 0 radical (unpaired) electrons. The van der Waals surface area contributed by atoms with Gasteiger partial charge in [0.25, 0.3) is 0 Å². The van der Waals surface area contributed by atoms with Crippen LogP contribution in [0, 0.1) is 5.92 Å². The number of rotatable bonds is 3. The highest BCUT2D eigenvalue weighted by Gasteiger charge is 2.24. The first-order valence-corrected chi connectivity index (χ1v) is 10.6. The molecule has 0 aliphatic carbocycles. The summed E-state index contributed by atoms with van der Waals surface area (Å²) in [6, 6.07) is 12.0. The molecule has 1 aromatic carbocycles. The van der Waals surface area contributed by atoms with Crippen LogP contribution in [-0.4, -0.2) is 47.7 Å². The molecule has 4 heterocycles. The summed E-state index contributed by atoms with van der Waals surface area (Å²) in [4.78, 5) is 27.2. The molecule has 2 aliphatic heterocycles. The van der Waals surface area contributed by atoms with Gasteiger partial charge in [-0.25, -0.2) is 0 Å². The van der Waals surface area contributed by atoms with Crippen LogP contribution in [0.5, 0.6) is 0 Å². The minimum atomic E-state index is 0.0906. The lowest BCUT2D eigenvalue weighted by Gasteiger charge is -2.28. The number of nitrogens with one attached hydrogen (secondary N) is 2. The van der Waals surface area contributed by atoms with Gasteiger partial charge in [-0.1, -0.05) is 12.1 Å². The first-order valence-electron chi connectivity index (χ1n) is 10.6. The average Bonchev–Trinajstić information content (AvgIpc) is 3.12. The number of nitrogens with zero attached hydrogens (tertiary/aromatic N) is 2. The summed E-state index contributed by atoms with van der Waals surface area (Å²) in [5.41, 5.74) is 5.91. The molecule has 0 unspecified atom stereocenters. The maximum atomic E-state index is 12.6.